The van der Waals surface area contributed by atoms with Crippen LogP contribution in [0.5, 0.6) is 0 Å². The van der Waals surface area contributed by atoms with Crippen molar-refractivity contribution in [2.45, 2.75) is 20.3 Å². The lowest BCUT2D eigenvalue weighted by atomic mass is 10.2. The molecule has 0 bridgehead atoms. The van der Waals surface area contributed by atoms with Crippen LogP contribution in [0.4, 0.5) is 18.9 Å². The topological polar surface area (TPSA) is 75.4 Å². The van der Waals surface area contributed by atoms with Crippen LogP contribution in [0.2, 0.25) is 0 Å². The highest BCUT2D eigenvalue weighted by molar-refractivity contribution is 5.98. The highest BCUT2D eigenvalue weighted by atomic mass is 19.2. The van der Waals surface area contributed by atoms with Gasteiger partial charge in [0.25, 0.3) is 5.91 Å². The number of halogens is 3. The maximum Gasteiger partial charge on any atom is 0.292 e. The van der Waals surface area contributed by atoms with Crippen molar-refractivity contribution in [1.82, 2.24) is 10.1 Å². The summed E-state index contributed by atoms with van der Waals surface area (Å²) in [7, 11) is 0. The van der Waals surface area contributed by atoms with Crippen molar-refractivity contribution < 1.29 is 27.3 Å². The molecule has 2 rings (SSSR count). The molecule has 0 unspecified atom stereocenters. The Morgan fingerprint density at radius 2 is 1.96 bits per heavy atom. The molecule has 0 radical (unpaired) electrons. The van der Waals surface area contributed by atoms with Gasteiger partial charge in [0.2, 0.25) is 11.7 Å². The summed E-state index contributed by atoms with van der Waals surface area (Å²) in [5.74, 6) is -5.90. The number of nitrogens with zero attached hydrogens (tertiary/aromatic N) is 2. The molecule has 1 aromatic heterocycles. The Hall–Kier alpha value is -2.84. The molecule has 0 spiro atoms. The molecule has 9 heteroatoms. The molecule has 0 atom stereocenters. The molecule has 0 aliphatic rings. The van der Waals surface area contributed by atoms with Crippen molar-refractivity contribution in [3.63, 3.8) is 0 Å². The van der Waals surface area contributed by atoms with Crippen LogP contribution < -0.4 is 5.32 Å². The minimum absolute atomic E-state index is 0.0299. The van der Waals surface area contributed by atoms with Gasteiger partial charge in [-0.2, -0.15) is 0 Å². The number of nitrogens with one attached hydrogen (secondary N) is 1. The van der Waals surface area contributed by atoms with Gasteiger partial charge in [-0.05, 0) is 25.5 Å². The maximum absolute atomic E-state index is 13.6. The number of rotatable bonds is 6. The van der Waals surface area contributed by atoms with E-state index in [9.17, 15) is 22.8 Å². The molecule has 1 aromatic carbocycles. The van der Waals surface area contributed by atoms with E-state index in [1.807, 2.05) is 0 Å². The molecule has 0 aliphatic carbocycles. The van der Waals surface area contributed by atoms with E-state index < -0.39 is 41.5 Å². The molecular weight excluding hydrogens is 339 g/mol. The average Bonchev–Trinajstić information content (AvgIpc) is 3.01. The first kappa shape index (κ1) is 18.5. The summed E-state index contributed by atoms with van der Waals surface area (Å²) >= 11 is 0. The van der Waals surface area contributed by atoms with E-state index >= 15 is 0 Å². The van der Waals surface area contributed by atoms with Crippen LogP contribution in [0.15, 0.2) is 22.7 Å². The lowest BCUT2D eigenvalue weighted by Crippen LogP contribution is -2.38. The first-order valence-electron chi connectivity index (χ1n) is 7.49. The van der Waals surface area contributed by atoms with Crippen molar-refractivity contribution in [1.29, 1.82) is 0 Å². The third-order valence-corrected chi connectivity index (χ3v) is 3.26. The number of anilines is 1. The lowest BCUT2D eigenvalue weighted by Gasteiger charge is -2.20. The number of carbonyl (C=O) groups is 2. The summed E-state index contributed by atoms with van der Waals surface area (Å²) in [5, 5.41) is 5.72. The van der Waals surface area contributed by atoms with E-state index in [0.717, 1.165) is 6.07 Å². The monoisotopic (exact) mass is 355 g/mol. The van der Waals surface area contributed by atoms with Crippen molar-refractivity contribution in [3.8, 4) is 0 Å². The van der Waals surface area contributed by atoms with Gasteiger partial charge in [-0.15, -0.1) is 0 Å². The highest BCUT2D eigenvalue weighted by Gasteiger charge is 2.23. The summed E-state index contributed by atoms with van der Waals surface area (Å²) in [5.41, 5.74) is -0.00332. The molecule has 1 N–H and O–H groups in total. The van der Waals surface area contributed by atoms with E-state index in [1.54, 1.807) is 13.8 Å². The van der Waals surface area contributed by atoms with Crippen LogP contribution in [0.1, 0.15) is 29.6 Å². The fraction of sp³-hybridized carbons (Fsp3) is 0.312. The van der Waals surface area contributed by atoms with Gasteiger partial charge >= 0.3 is 0 Å². The second-order valence-electron chi connectivity index (χ2n) is 5.33. The molecule has 2 aromatic rings. The zero-order chi connectivity index (χ0) is 18.6. The maximum atomic E-state index is 13.6. The predicted molar refractivity (Wildman–Crippen MR) is 82.4 cm³/mol. The summed E-state index contributed by atoms with van der Waals surface area (Å²) in [4.78, 5) is 25.6. The Balaban J connectivity index is 2.10. The lowest BCUT2D eigenvalue weighted by molar-refractivity contribution is -0.116. The third kappa shape index (κ3) is 4.37. The first-order valence-corrected chi connectivity index (χ1v) is 7.49. The predicted octanol–water partition coefficient (Wildman–Crippen LogP) is 2.89. The molecule has 25 heavy (non-hydrogen) atoms. The molecule has 0 fully saturated rings. The Morgan fingerprint density at radius 3 is 2.56 bits per heavy atom. The Kier molecular flexibility index (Phi) is 5.79. The summed E-state index contributed by atoms with van der Waals surface area (Å²) in [6, 6.07) is 3.02. The first-order chi connectivity index (χ1) is 11.8. The largest absolute Gasteiger partial charge is 0.351 e. The van der Waals surface area contributed by atoms with Crippen molar-refractivity contribution >= 4 is 17.5 Å². The fourth-order valence-electron chi connectivity index (χ4n) is 2.13. The van der Waals surface area contributed by atoms with Crippen LogP contribution in [-0.4, -0.2) is 35.0 Å². The molecule has 1 heterocycles. The number of hydrogen-bond acceptors (Lipinski definition) is 4. The molecule has 2 amide bonds. The second kappa shape index (κ2) is 7.82. The quantitative estimate of drug-likeness (QED) is 0.809. The molecule has 0 aliphatic heterocycles. The third-order valence-electron chi connectivity index (χ3n) is 3.26. The smallest absolute Gasteiger partial charge is 0.292 e. The average molecular weight is 355 g/mol. The summed E-state index contributed by atoms with van der Waals surface area (Å²) in [6.07, 6.45) is 0.561. The van der Waals surface area contributed by atoms with Crippen molar-refractivity contribution in [2.75, 3.05) is 18.4 Å². The SMILES string of the molecule is CCCN(CC(=O)Nc1ccc(F)c(F)c1F)C(=O)c1cc(C)no1. The van der Waals surface area contributed by atoms with Gasteiger partial charge in [0, 0.05) is 12.6 Å². The van der Waals surface area contributed by atoms with Gasteiger partial charge in [-0.3, -0.25) is 9.59 Å². The number of hydrogen-bond donors (Lipinski definition) is 1. The molecule has 0 saturated carbocycles. The molecule has 6 nitrogen and oxygen atoms in total. The van der Waals surface area contributed by atoms with E-state index in [4.69, 9.17) is 4.52 Å². The Bertz CT molecular complexity index is 792. The van der Waals surface area contributed by atoms with Gasteiger partial charge in [-0.1, -0.05) is 12.1 Å². The van der Waals surface area contributed by atoms with Crippen LogP contribution >= 0.6 is 0 Å². The van der Waals surface area contributed by atoms with Crippen molar-refractivity contribution in [3.05, 3.63) is 47.1 Å². The van der Waals surface area contributed by atoms with E-state index in [-0.39, 0.29) is 12.3 Å². The van der Waals surface area contributed by atoms with Crippen LogP contribution in [0, 0.1) is 24.4 Å². The number of benzene rings is 1. The Labute approximate surface area is 141 Å². The Morgan fingerprint density at radius 1 is 1.24 bits per heavy atom. The molecule has 134 valence electrons. The van der Waals surface area contributed by atoms with E-state index in [1.165, 1.54) is 11.0 Å². The minimum Gasteiger partial charge on any atom is -0.351 e. The number of aromatic nitrogens is 1. The second-order valence-corrected chi connectivity index (χ2v) is 5.33. The number of carbonyl (C=O) groups excluding carboxylic acids is 2. The summed E-state index contributed by atoms with van der Waals surface area (Å²) < 4.78 is 44.6. The van der Waals surface area contributed by atoms with Crippen LogP contribution in [-0.2, 0) is 4.79 Å². The number of aryl methyl sites for hydroxylation is 1. The minimum atomic E-state index is -1.68. The summed E-state index contributed by atoms with van der Waals surface area (Å²) in [6.45, 7) is 3.28. The highest BCUT2D eigenvalue weighted by Crippen LogP contribution is 2.19. The fourth-order valence-corrected chi connectivity index (χ4v) is 2.13. The van der Waals surface area contributed by atoms with Crippen LogP contribution in [0.25, 0.3) is 0 Å². The van der Waals surface area contributed by atoms with E-state index in [2.05, 4.69) is 10.5 Å². The number of amides is 2. The normalized spacial score (nSPS) is 10.6. The zero-order valence-corrected chi connectivity index (χ0v) is 13.6. The molecular formula is C16H16F3N3O3. The van der Waals surface area contributed by atoms with Crippen LogP contribution in [0.3, 0.4) is 0 Å². The molecule has 0 saturated heterocycles. The van der Waals surface area contributed by atoms with Gasteiger partial charge in [-0.25, -0.2) is 13.2 Å². The van der Waals surface area contributed by atoms with Crippen molar-refractivity contribution in [2.24, 2.45) is 0 Å². The van der Waals surface area contributed by atoms with E-state index in [0.29, 0.717) is 18.2 Å². The zero-order valence-electron chi connectivity index (χ0n) is 13.6. The standard InChI is InChI=1S/C16H16F3N3O3/c1-3-6-22(16(24)12-7-9(2)21-25-12)8-13(23)20-11-5-4-10(17)14(18)15(11)19/h4-5,7H,3,6,8H2,1-2H3,(H,20,23). The van der Waals surface area contributed by atoms with Gasteiger partial charge in [0.15, 0.2) is 17.5 Å². The van der Waals surface area contributed by atoms with Gasteiger partial charge in [0.1, 0.15) is 6.54 Å². The van der Waals surface area contributed by atoms with Gasteiger partial charge < -0.3 is 14.7 Å². The van der Waals surface area contributed by atoms with Gasteiger partial charge in [0.05, 0.1) is 11.4 Å².